The lowest BCUT2D eigenvalue weighted by Crippen LogP contribution is -2.37. The molecule has 0 radical (unpaired) electrons. The molecule has 0 aliphatic rings. The maximum absolute atomic E-state index is 12.0. The summed E-state index contributed by atoms with van der Waals surface area (Å²) in [6.07, 6.45) is 0.693. The molecule has 0 aromatic heterocycles. The number of aliphatic hydroxyl groups excluding tert-OH is 1. The molecule has 4 heteroatoms. The Balaban J connectivity index is 2.80. The number of benzene rings is 1. The third-order valence-electron chi connectivity index (χ3n) is 2.48. The van der Waals surface area contributed by atoms with Crippen molar-refractivity contribution in [2.45, 2.75) is 26.3 Å². The Morgan fingerprint density at radius 1 is 1.41 bits per heavy atom. The molecule has 2 N–H and O–H groups in total. The topological polar surface area (TPSA) is 58.6 Å². The SMILES string of the molecule is CCOc1ccccc1C(=O)N[C@H](CC)CO. The van der Waals surface area contributed by atoms with Crippen LogP contribution in [0.3, 0.4) is 0 Å². The van der Waals surface area contributed by atoms with Gasteiger partial charge in [-0.05, 0) is 25.5 Å². The van der Waals surface area contributed by atoms with Crippen LogP contribution in [0, 0.1) is 0 Å². The highest BCUT2D eigenvalue weighted by Crippen LogP contribution is 2.17. The lowest BCUT2D eigenvalue weighted by Gasteiger charge is -2.15. The fraction of sp³-hybridized carbons (Fsp3) is 0.462. The number of ether oxygens (including phenoxy) is 1. The van der Waals surface area contributed by atoms with Crippen LogP contribution < -0.4 is 10.1 Å². The van der Waals surface area contributed by atoms with Gasteiger partial charge in [0.2, 0.25) is 0 Å². The molecule has 17 heavy (non-hydrogen) atoms. The summed E-state index contributed by atoms with van der Waals surface area (Å²) in [7, 11) is 0. The van der Waals surface area contributed by atoms with Crippen molar-refractivity contribution in [1.82, 2.24) is 5.32 Å². The van der Waals surface area contributed by atoms with Gasteiger partial charge in [0.15, 0.2) is 0 Å². The first kappa shape index (κ1) is 13.5. The van der Waals surface area contributed by atoms with Crippen LogP contribution in [0.4, 0.5) is 0 Å². The minimum atomic E-state index is -0.213. The van der Waals surface area contributed by atoms with Crippen LogP contribution in [-0.4, -0.2) is 30.3 Å². The van der Waals surface area contributed by atoms with Gasteiger partial charge in [0.1, 0.15) is 5.75 Å². The van der Waals surface area contributed by atoms with Gasteiger partial charge in [-0.2, -0.15) is 0 Å². The molecule has 0 saturated heterocycles. The highest BCUT2D eigenvalue weighted by molar-refractivity contribution is 5.97. The van der Waals surface area contributed by atoms with Gasteiger partial charge in [0, 0.05) is 0 Å². The predicted octanol–water partition coefficient (Wildman–Crippen LogP) is 1.59. The smallest absolute Gasteiger partial charge is 0.255 e. The second-order valence-corrected chi connectivity index (χ2v) is 3.69. The van der Waals surface area contributed by atoms with E-state index in [2.05, 4.69) is 5.32 Å². The van der Waals surface area contributed by atoms with Crippen LogP contribution in [-0.2, 0) is 0 Å². The van der Waals surface area contributed by atoms with Crippen molar-refractivity contribution in [3.05, 3.63) is 29.8 Å². The zero-order valence-electron chi connectivity index (χ0n) is 10.3. The number of carbonyl (C=O) groups excluding carboxylic acids is 1. The van der Waals surface area contributed by atoms with E-state index in [9.17, 15) is 4.79 Å². The minimum Gasteiger partial charge on any atom is -0.493 e. The zero-order valence-corrected chi connectivity index (χ0v) is 10.3. The Bertz CT molecular complexity index is 361. The highest BCUT2D eigenvalue weighted by Gasteiger charge is 2.14. The van der Waals surface area contributed by atoms with Crippen molar-refractivity contribution in [2.24, 2.45) is 0 Å². The lowest BCUT2D eigenvalue weighted by molar-refractivity contribution is 0.0911. The molecule has 0 saturated carbocycles. The third kappa shape index (κ3) is 3.75. The van der Waals surface area contributed by atoms with Crippen LogP contribution in [0.15, 0.2) is 24.3 Å². The first-order chi connectivity index (χ1) is 8.22. The Labute approximate surface area is 102 Å². The first-order valence-corrected chi connectivity index (χ1v) is 5.86. The van der Waals surface area contributed by atoms with Crippen LogP contribution in [0.1, 0.15) is 30.6 Å². The molecule has 94 valence electrons. The van der Waals surface area contributed by atoms with Gasteiger partial charge in [0.25, 0.3) is 5.91 Å². The van der Waals surface area contributed by atoms with E-state index in [0.717, 1.165) is 0 Å². The average Bonchev–Trinajstić information content (AvgIpc) is 2.36. The molecular weight excluding hydrogens is 218 g/mol. The number of hydrogen-bond acceptors (Lipinski definition) is 3. The van der Waals surface area contributed by atoms with E-state index in [1.54, 1.807) is 18.2 Å². The summed E-state index contributed by atoms with van der Waals surface area (Å²) in [5.41, 5.74) is 0.501. The standard InChI is InChI=1S/C13H19NO3/c1-3-10(9-15)14-13(16)11-7-5-6-8-12(11)17-4-2/h5-8,10,15H,3-4,9H2,1-2H3,(H,14,16)/t10-/m1/s1. The molecule has 4 nitrogen and oxygen atoms in total. The van der Waals surface area contributed by atoms with E-state index in [0.29, 0.717) is 24.3 Å². The monoisotopic (exact) mass is 237 g/mol. The van der Waals surface area contributed by atoms with Gasteiger partial charge in [-0.25, -0.2) is 0 Å². The fourth-order valence-corrected chi connectivity index (χ4v) is 1.48. The number of para-hydroxylation sites is 1. The van der Waals surface area contributed by atoms with Crippen LogP contribution in [0.5, 0.6) is 5.75 Å². The Morgan fingerprint density at radius 3 is 2.71 bits per heavy atom. The van der Waals surface area contributed by atoms with E-state index in [1.165, 1.54) is 0 Å². The Morgan fingerprint density at radius 2 is 2.12 bits per heavy atom. The first-order valence-electron chi connectivity index (χ1n) is 5.86. The van der Waals surface area contributed by atoms with Gasteiger partial charge in [-0.1, -0.05) is 19.1 Å². The summed E-state index contributed by atoms with van der Waals surface area (Å²) in [5, 5.41) is 11.8. The lowest BCUT2D eigenvalue weighted by atomic mass is 10.1. The zero-order chi connectivity index (χ0) is 12.7. The number of carbonyl (C=O) groups is 1. The van der Waals surface area contributed by atoms with Gasteiger partial charge in [0.05, 0.1) is 24.8 Å². The summed E-state index contributed by atoms with van der Waals surface area (Å²) >= 11 is 0. The van der Waals surface area contributed by atoms with Crippen molar-refractivity contribution in [3.8, 4) is 5.75 Å². The van der Waals surface area contributed by atoms with Gasteiger partial charge in [-0.3, -0.25) is 4.79 Å². The predicted molar refractivity (Wildman–Crippen MR) is 66.2 cm³/mol. The molecule has 0 bridgehead atoms. The fourth-order valence-electron chi connectivity index (χ4n) is 1.48. The Kier molecular flexibility index (Phi) is 5.49. The summed E-state index contributed by atoms with van der Waals surface area (Å²) < 4.78 is 5.38. The van der Waals surface area contributed by atoms with E-state index < -0.39 is 0 Å². The molecule has 1 rings (SSSR count). The molecule has 0 fully saturated rings. The second kappa shape index (κ2) is 6.91. The van der Waals surface area contributed by atoms with Crippen LogP contribution in [0.2, 0.25) is 0 Å². The maximum atomic E-state index is 12.0. The van der Waals surface area contributed by atoms with Gasteiger partial charge >= 0.3 is 0 Å². The molecule has 1 aromatic rings. The summed E-state index contributed by atoms with van der Waals surface area (Å²) in [6, 6.07) is 6.88. The van der Waals surface area contributed by atoms with Gasteiger partial charge in [-0.15, -0.1) is 0 Å². The van der Waals surface area contributed by atoms with Crippen molar-refractivity contribution >= 4 is 5.91 Å². The van der Waals surface area contributed by atoms with Crippen LogP contribution in [0.25, 0.3) is 0 Å². The molecule has 1 amide bonds. The van der Waals surface area contributed by atoms with Gasteiger partial charge < -0.3 is 15.2 Å². The largest absolute Gasteiger partial charge is 0.493 e. The highest BCUT2D eigenvalue weighted by atomic mass is 16.5. The number of amides is 1. The van der Waals surface area contributed by atoms with Crippen molar-refractivity contribution in [1.29, 1.82) is 0 Å². The molecule has 0 spiro atoms. The summed E-state index contributed by atoms with van der Waals surface area (Å²) in [5.74, 6) is 0.357. The summed E-state index contributed by atoms with van der Waals surface area (Å²) in [6.45, 7) is 4.24. The average molecular weight is 237 g/mol. The quantitative estimate of drug-likeness (QED) is 0.790. The van der Waals surface area contributed by atoms with Crippen LogP contribution >= 0.6 is 0 Å². The molecule has 0 aliphatic heterocycles. The number of hydrogen-bond donors (Lipinski definition) is 2. The van der Waals surface area contributed by atoms with E-state index in [-0.39, 0.29) is 18.6 Å². The number of nitrogens with one attached hydrogen (secondary N) is 1. The van der Waals surface area contributed by atoms with E-state index in [1.807, 2.05) is 19.9 Å². The molecule has 0 aliphatic carbocycles. The van der Waals surface area contributed by atoms with Crippen molar-refractivity contribution < 1.29 is 14.6 Å². The molecular formula is C13H19NO3. The summed E-state index contributed by atoms with van der Waals surface area (Å²) in [4.78, 5) is 12.0. The van der Waals surface area contributed by atoms with E-state index >= 15 is 0 Å². The number of rotatable bonds is 6. The normalized spacial score (nSPS) is 11.9. The Hall–Kier alpha value is -1.55. The maximum Gasteiger partial charge on any atom is 0.255 e. The van der Waals surface area contributed by atoms with Crippen molar-refractivity contribution in [2.75, 3.05) is 13.2 Å². The molecule has 1 aromatic carbocycles. The molecule has 0 heterocycles. The number of aliphatic hydroxyl groups is 1. The van der Waals surface area contributed by atoms with E-state index in [4.69, 9.17) is 9.84 Å². The second-order valence-electron chi connectivity index (χ2n) is 3.69. The molecule has 0 unspecified atom stereocenters. The molecule has 1 atom stereocenters. The third-order valence-corrected chi connectivity index (χ3v) is 2.48. The van der Waals surface area contributed by atoms with Crippen molar-refractivity contribution in [3.63, 3.8) is 0 Å². The minimum absolute atomic E-state index is 0.0565.